The lowest BCUT2D eigenvalue weighted by Crippen LogP contribution is -2.34. The van der Waals surface area contributed by atoms with Gasteiger partial charge >= 0.3 is 0 Å². The minimum Gasteiger partial charge on any atom is -0.380 e. The normalized spacial score (nSPS) is 29.8. The molecule has 2 aliphatic rings. The molecule has 2 nitrogen and oxygen atoms in total. The topological polar surface area (TPSA) is 12.5 Å². The molecule has 0 amide bonds. The number of likely N-dealkylation sites (tertiary alicyclic amines) is 1. The first-order valence-electron chi connectivity index (χ1n) is 5.72. The molecule has 1 saturated heterocycles. The molecule has 0 N–H and O–H groups in total. The van der Waals surface area contributed by atoms with Gasteiger partial charge in [0.1, 0.15) is 0 Å². The Morgan fingerprint density at radius 3 is 2.85 bits per heavy atom. The Hall–Kier alpha value is -0.0800. The second kappa shape index (κ2) is 4.43. The first kappa shape index (κ1) is 9.47. The van der Waals surface area contributed by atoms with Crippen LogP contribution >= 0.6 is 0 Å². The molecule has 2 rings (SSSR count). The van der Waals surface area contributed by atoms with Crippen molar-refractivity contribution in [3.05, 3.63) is 0 Å². The molecule has 0 aromatic heterocycles. The first-order chi connectivity index (χ1) is 6.40. The predicted molar refractivity (Wildman–Crippen MR) is 53.8 cm³/mol. The van der Waals surface area contributed by atoms with Crippen molar-refractivity contribution in [1.29, 1.82) is 0 Å². The quantitative estimate of drug-likeness (QED) is 0.645. The van der Waals surface area contributed by atoms with E-state index >= 15 is 0 Å². The van der Waals surface area contributed by atoms with Gasteiger partial charge in [0.25, 0.3) is 0 Å². The number of ether oxygens (including phenoxy) is 1. The first-order valence-corrected chi connectivity index (χ1v) is 5.72. The van der Waals surface area contributed by atoms with E-state index in [9.17, 15) is 0 Å². The van der Waals surface area contributed by atoms with E-state index in [0.717, 1.165) is 25.2 Å². The molecule has 2 fully saturated rings. The molecule has 0 radical (unpaired) electrons. The molecule has 1 aliphatic carbocycles. The fourth-order valence-electron chi connectivity index (χ4n) is 2.21. The van der Waals surface area contributed by atoms with Gasteiger partial charge in [-0.1, -0.05) is 0 Å². The molecular weight excluding hydrogens is 162 g/mol. The van der Waals surface area contributed by atoms with Gasteiger partial charge in [-0.2, -0.15) is 0 Å². The highest BCUT2D eigenvalue weighted by molar-refractivity contribution is 4.84. The summed E-state index contributed by atoms with van der Waals surface area (Å²) < 4.78 is 5.51. The van der Waals surface area contributed by atoms with Crippen LogP contribution in [0.2, 0.25) is 0 Å². The van der Waals surface area contributed by atoms with E-state index in [1.165, 1.54) is 38.8 Å². The zero-order chi connectivity index (χ0) is 9.10. The third-order valence-electron chi connectivity index (χ3n) is 3.20. The third-order valence-corrected chi connectivity index (χ3v) is 3.20. The summed E-state index contributed by atoms with van der Waals surface area (Å²) in [7, 11) is 0. The highest BCUT2D eigenvalue weighted by atomic mass is 16.5. The minimum atomic E-state index is 0.737. The Labute approximate surface area is 81.3 Å². The minimum absolute atomic E-state index is 0.737. The van der Waals surface area contributed by atoms with E-state index in [1.54, 1.807) is 0 Å². The molecule has 76 valence electrons. The van der Waals surface area contributed by atoms with Crippen LogP contribution in [0.25, 0.3) is 0 Å². The summed E-state index contributed by atoms with van der Waals surface area (Å²) in [5.41, 5.74) is 0. The van der Waals surface area contributed by atoms with Crippen molar-refractivity contribution in [1.82, 2.24) is 4.90 Å². The van der Waals surface area contributed by atoms with Crippen molar-refractivity contribution in [3.8, 4) is 0 Å². The predicted octanol–water partition coefficient (Wildman–Crippen LogP) is 1.90. The smallest absolute Gasteiger partial charge is 0.0621 e. The van der Waals surface area contributed by atoms with Crippen LogP contribution in [0.4, 0.5) is 0 Å². The van der Waals surface area contributed by atoms with E-state index < -0.39 is 0 Å². The maximum absolute atomic E-state index is 5.51. The molecule has 1 heterocycles. The molecule has 2 heteroatoms. The van der Waals surface area contributed by atoms with Gasteiger partial charge in [0.05, 0.1) is 6.61 Å². The van der Waals surface area contributed by atoms with Gasteiger partial charge in [-0.05, 0) is 45.1 Å². The standard InChI is InChI=1S/C11H21NO/c1-2-13-9-11-4-3-7-12(11)8-10-5-6-10/h10-11H,2-9H2,1H3/t11-/m0/s1. The summed E-state index contributed by atoms with van der Waals surface area (Å²) in [6, 6.07) is 0.737. The van der Waals surface area contributed by atoms with Crippen LogP contribution in [0.1, 0.15) is 32.6 Å². The van der Waals surface area contributed by atoms with Crippen LogP contribution in [-0.4, -0.2) is 37.2 Å². The SMILES string of the molecule is CCOC[C@@H]1CCCN1CC1CC1. The van der Waals surface area contributed by atoms with Gasteiger partial charge in [-0.3, -0.25) is 4.90 Å². The van der Waals surface area contributed by atoms with Crippen LogP contribution in [0.15, 0.2) is 0 Å². The number of rotatable bonds is 5. The zero-order valence-electron chi connectivity index (χ0n) is 8.67. The molecule has 1 saturated carbocycles. The molecule has 1 atom stereocenters. The Kier molecular flexibility index (Phi) is 3.23. The molecular formula is C11H21NO. The highest BCUT2D eigenvalue weighted by Crippen LogP contribution is 2.32. The average Bonchev–Trinajstić information content (AvgIpc) is 2.82. The van der Waals surface area contributed by atoms with E-state index in [2.05, 4.69) is 11.8 Å². The van der Waals surface area contributed by atoms with Gasteiger partial charge in [0.2, 0.25) is 0 Å². The fraction of sp³-hybridized carbons (Fsp3) is 1.00. The number of hydrogen-bond donors (Lipinski definition) is 0. The molecule has 0 aromatic carbocycles. The maximum Gasteiger partial charge on any atom is 0.0621 e. The van der Waals surface area contributed by atoms with Crippen LogP contribution in [0.5, 0.6) is 0 Å². The van der Waals surface area contributed by atoms with Gasteiger partial charge in [0.15, 0.2) is 0 Å². The molecule has 13 heavy (non-hydrogen) atoms. The summed E-state index contributed by atoms with van der Waals surface area (Å²) in [5, 5.41) is 0. The number of nitrogens with zero attached hydrogens (tertiary/aromatic N) is 1. The monoisotopic (exact) mass is 183 g/mol. The van der Waals surface area contributed by atoms with E-state index in [0.29, 0.717) is 0 Å². The van der Waals surface area contributed by atoms with Crippen molar-refractivity contribution < 1.29 is 4.74 Å². The maximum atomic E-state index is 5.51. The molecule has 0 aromatic rings. The van der Waals surface area contributed by atoms with E-state index in [4.69, 9.17) is 4.74 Å². The van der Waals surface area contributed by atoms with Gasteiger partial charge in [-0.15, -0.1) is 0 Å². The molecule has 0 spiro atoms. The second-order valence-electron chi connectivity index (χ2n) is 4.39. The lowest BCUT2D eigenvalue weighted by Gasteiger charge is -2.23. The Bertz CT molecular complexity index is 156. The molecule has 1 aliphatic heterocycles. The second-order valence-corrected chi connectivity index (χ2v) is 4.39. The van der Waals surface area contributed by atoms with Gasteiger partial charge in [-0.25, -0.2) is 0 Å². The summed E-state index contributed by atoms with van der Waals surface area (Å²) >= 11 is 0. The van der Waals surface area contributed by atoms with Crippen molar-refractivity contribution in [2.45, 2.75) is 38.6 Å². The van der Waals surface area contributed by atoms with E-state index in [1.807, 2.05) is 0 Å². The fourth-order valence-corrected chi connectivity index (χ4v) is 2.21. The Balaban J connectivity index is 1.72. The lowest BCUT2D eigenvalue weighted by molar-refractivity contribution is 0.0834. The zero-order valence-corrected chi connectivity index (χ0v) is 8.67. The average molecular weight is 183 g/mol. The van der Waals surface area contributed by atoms with Crippen molar-refractivity contribution in [3.63, 3.8) is 0 Å². The Morgan fingerprint density at radius 1 is 1.31 bits per heavy atom. The summed E-state index contributed by atoms with van der Waals surface area (Å²) in [5.74, 6) is 1.03. The lowest BCUT2D eigenvalue weighted by atomic mass is 10.2. The largest absolute Gasteiger partial charge is 0.380 e. The molecule has 0 bridgehead atoms. The van der Waals surface area contributed by atoms with Gasteiger partial charge < -0.3 is 4.74 Å². The van der Waals surface area contributed by atoms with Crippen LogP contribution in [0.3, 0.4) is 0 Å². The van der Waals surface area contributed by atoms with Gasteiger partial charge in [0, 0.05) is 19.2 Å². The summed E-state index contributed by atoms with van der Waals surface area (Å²) in [6.07, 6.45) is 5.67. The highest BCUT2D eigenvalue weighted by Gasteiger charge is 2.30. The van der Waals surface area contributed by atoms with Crippen molar-refractivity contribution in [2.24, 2.45) is 5.92 Å². The van der Waals surface area contributed by atoms with Crippen molar-refractivity contribution in [2.75, 3.05) is 26.3 Å². The summed E-state index contributed by atoms with van der Waals surface area (Å²) in [6.45, 7) is 6.57. The van der Waals surface area contributed by atoms with Crippen LogP contribution < -0.4 is 0 Å². The van der Waals surface area contributed by atoms with Crippen molar-refractivity contribution >= 4 is 0 Å². The Morgan fingerprint density at radius 2 is 2.15 bits per heavy atom. The van der Waals surface area contributed by atoms with Crippen LogP contribution in [-0.2, 0) is 4.74 Å². The third kappa shape index (κ3) is 2.68. The van der Waals surface area contributed by atoms with Crippen LogP contribution in [0, 0.1) is 5.92 Å². The number of hydrogen-bond acceptors (Lipinski definition) is 2. The molecule has 0 unspecified atom stereocenters. The summed E-state index contributed by atoms with van der Waals surface area (Å²) in [4.78, 5) is 2.65. The van der Waals surface area contributed by atoms with E-state index in [-0.39, 0.29) is 0 Å².